The monoisotopic (exact) mass is 437 g/mol. The van der Waals surface area contributed by atoms with Gasteiger partial charge in [0.25, 0.3) is 5.91 Å². The molecule has 2 aromatic carbocycles. The number of amides is 1. The highest BCUT2D eigenvalue weighted by Gasteiger charge is 2.31. The van der Waals surface area contributed by atoms with Crippen LogP contribution >= 0.6 is 0 Å². The van der Waals surface area contributed by atoms with E-state index in [2.05, 4.69) is 5.32 Å². The molecule has 7 heteroatoms. The second kappa shape index (κ2) is 9.22. The Morgan fingerprint density at radius 2 is 1.84 bits per heavy atom. The fraction of sp³-hybridized carbons (Fsp3) is 0.400. The van der Waals surface area contributed by atoms with Crippen LogP contribution in [0.15, 0.2) is 54.3 Å². The lowest BCUT2D eigenvalue weighted by atomic mass is 9.91. The summed E-state index contributed by atoms with van der Waals surface area (Å²) in [6.45, 7) is 0.578. The Kier molecular flexibility index (Phi) is 6.01. The van der Waals surface area contributed by atoms with Crippen molar-refractivity contribution in [2.45, 2.75) is 57.1 Å². The van der Waals surface area contributed by atoms with Gasteiger partial charge in [-0.15, -0.1) is 0 Å². The molecule has 3 aliphatic rings. The van der Waals surface area contributed by atoms with Crippen molar-refractivity contribution in [1.29, 1.82) is 0 Å². The molecule has 2 heterocycles. The maximum Gasteiger partial charge on any atom is 0.286 e. The van der Waals surface area contributed by atoms with Gasteiger partial charge in [-0.25, -0.2) is 0 Å². The number of rotatable bonds is 7. The predicted octanol–water partition coefficient (Wildman–Crippen LogP) is 3.51. The zero-order valence-electron chi connectivity index (χ0n) is 17.8. The summed E-state index contributed by atoms with van der Waals surface area (Å²) in [5.74, 6) is 1.49. The summed E-state index contributed by atoms with van der Waals surface area (Å²) >= 11 is 0. The zero-order chi connectivity index (χ0) is 21.9. The molecule has 1 fully saturated rings. The topological polar surface area (TPSA) is 86.3 Å². The molecule has 0 spiro atoms. The number of allylic oxidation sites excluding steroid dienone is 1. The van der Waals surface area contributed by atoms with Crippen LogP contribution in [0.4, 0.5) is 0 Å². The Hall–Kier alpha value is -3.03. The number of hydrogen-bond donors (Lipinski definition) is 2. The van der Waals surface area contributed by atoms with Gasteiger partial charge in [-0.05, 0) is 54.2 Å². The second-order valence-corrected chi connectivity index (χ2v) is 8.42. The van der Waals surface area contributed by atoms with Gasteiger partial charge in [-0.3, -0.25) is 4.79 Å². The molecule has 0 bridgehead atoms. The van der Waals surface area contributed by atoms with Crippen molar-refractivity contribution in [2.75, 3.05) is 6.79 Å². The summed E-state index contributed by atoms with van der Waals surface area (Å²) in [5, 5.41) is 12.3. The van der Waals surface area contributed by atoms with Crippen LogP contribution in [0.25, 0.3) is 0 Å². The molecular formula is C25H27NO6. The van der Waals surface area contributed by atoms with Gasteiger partial charge in [0.15, 0.2) is 17.3 Å². The van der Waals surface area contributed by atoms with E-state index in [9.17, 15) is 9.90 Å². The first kappa shape index (κ1) is 20.8. The van der Waals surface area contributed by atoms with Crippen molar-refractivity contribution in [3.63, 3.8) is 0 Å². The van der Waals surface area contributed by atoms with Crippen molar-refractivity contribution in [3.05, 3.63) is 71.0 Å². The van der Waals surface area contributed by atoms with E-state index in [1.54, 1.807) is 0 Å². The van der Waals surface area contributed by atoms with Crippen molar-refractivity contribution >= 4 is 5.91 Å². The van der Waals surface area contributed by atoms with E-state index in [0.29, 0.717) is 24.5 Å². The summed E-state index contributed by atoms with van der Waals surface area (Å²) in [5.41, 5.74) is 2.84. The third-order valence-electron chi connectivity index (χ3n) is 6.19. The highest BCUT2D eigenvalue weighted by atomic mass is 16.7. The van der Waals surface area contributed by atoms with Gasteiger partial charge in [0.2, 0.25) is 13.1 Å². The Balaban J connectivity index is 1.32. The minimum absolute atomic E-state index is 0.00828. The van der Waals surface area contributed by atoms with Gasteiger partial charge < -0.3 is 29.4 Å². The molecule has 2 atom stereocenters. The predicted molar refractivity (Wildman–Crippen MR) is 116 cm³/mol. The smallest absolute Gasteiger partial charge is 0.286 e. The summed E-state index contributed by atoms with van der Waals surface area (Å²) < 4.78 is 23.0. The minimum Gasteiger partial charge on any atom is -0.459 e. The Labute approximate surface area is 186 Å². The minimum atomic E-state index is -0.560. The van der Waals surface area contributed by atoms with Crippen molar-refractivity contribution in [2.24, 2.45) is 0 Å². The maximum atomic E-state index is 12.8. The number of hydrogen-bond acceptors (Lipinski definition) is 6. The van der Waals surface area contributed by atoms with E-state index in [-0.39, 0.29) is 31.3 Å². The largest absolute Gasteiger partial charge is 0.459 e. The van der Waals surface area contributed by atoms with Crippen molar-refractivity contribution < 1.29 is 28.8 Å². The average molecular weight is 437 g/mol. The molecule has 168 valence electrons. The van der Waals surface area contributed by atoms with Crippen LogP contribution < -0.4 is 14.8 Å². The molecular weight excluding hydrogens is 410 g/mol. The van der Waals surface area contributed by atoms with Gasteiger partial charge in [-0.1, -0.05) is 30.3 Å². The number of benzene rings is 2. The molecule has 0 aromatic heterocycles. The standard InChI is InChI=1S/C25H27NO6/c27-13-16-4-6-17(7-5-16)14-29-24-12-19(18-8-9-21-22(10-18)31-15-30-21)11-23(32-24)25(28)26-20-2-1-3-20/h4-11,19-20,24,27H,1-3,12-15H2,(H,26,28)/t19-,24+/m1/s1. The molecule has 32 heavy (non-hydrogen) atoms. The van der Waals surface area contributed by atoms with Crippen molar-refractivity contribution in [1.82, 2.24) is 5.32 Å². The van der Waals surface area contributed by atoms with Crippen LogP contribution in [0.3, 0.4) is 0 Å². The molecule has 2 aliphatic heterocycles. The first-order valence-corrected chi connectivity index (χ1v) is 11.1. The molecule has 0 saturated heterocycles. The van der Waals surface area contributed by atoms with Gasteiger partial charge in [0.1, 0.15) is 0 Å². The van der Waals surface area contributed by atoms with Crippen LogP contribution in [0.1, 0.15) is 48.3 Å². The van der Waals surface area contributed by atoms with Crippen LogP contribution in [-0.2, 0) is 27.5 Å². The lowest BCUT2D eigenvalue weighted by Gasteiger charge is -2.31. The lowest BCUT2D eigenvalue weighted by Crippen LogP contribution is -2.42. The number of fused-ring (bicyclic) bond motifs is 1. The number of aliphatic hydroxyl groups excluding tert-OH is 1. The number of carbonyl (C=O) groups excluding carboxylic acids is 1. The van der Waals surface area contributed by atoms with E-state index < -0.39 is 6.29 Å². The van der Waals surface area contributed by atoms with E-state index in [4.69, 9.17) is 18.9 Å². The Morgan fingerprint density at radius 1 is 1.06 bits per heavy atom. The average Bonchev–Trinajstić information content (AvgIpc) is 3.28. The van der Waals surface area contributed by atoms with E-state index >= 15 is 0 Å². The molecule has 0 unspecified atom stereocenters. The van der Waals surface area contributed by atoms with Crippen LogP contribution in [0, 0.1) is 0 Å². The first-order valence-electron chi connectivity index (χ1n) is 11.1. The normalized spacial score (nSPS) is 22.0. The highest BCUT2D eigenvalue weighted by Crippen LogP contribution is 2.38. The summed E-state index contributed by atoms with van der Waals surface area (Å²) in [4.78, 5) is 12.8. The molecule has 2 aromatic rings. The third-order valence-corrected chi connectivity index (χ3v) is 6.19. The summed E-state index contributed by atoms with van der Waals surface area (Å²) in [6, 6.07) is 13.6. The fourth-order valence-corrected chi connectivity index (χ4v) is 4.03. The maximum absolute atomic E-state index is 12.8. The van der Waals surface area contributed by atoms with Crippen LogP contribution in [0.5, 0.6) is 11.5 Å². The third kappa shape index (κ3) is 4.59. The molecule has 2 N–H and O–H groups in total. The first-order chi connectivity index (χ1) is 15.7. The molecule has 7 nitrogen and oxygen atoms in total. The number of ether oxygens (including phenoxy) is 4. The van der Waals surface area contributed by atoms with E-state index in [0.717, 1.165) is 41.7 Å². The van der Waals surface area contributed by atoms with Gasteiger partial charge in [0, 0.05) is 18.4 Å². The lowest BCUT2D eigenvalue weighted by molar-refractivity contribution is -0.150. The zero-order valence-corrected chi connectivity index (χ0v) is 17.8. The molecule has 1 aliphatic carbocycles. The molecule has 5 rings (SSSR count). The van der Waals surface area contributed by atoms with Gasteiger partial charge in [0.05, 0.1) is 13.2 Å². The molecule has 1 amide bonds. The summed E-state index contributed by atoms with van der Waals surface area (Å²) in [6.07, 6.45) is 5.06. The Morgan fingerprint density at radius 3 is 2.59 bits per heavy atom. The number of carbonyl (C=O) groups is 1. The highest BCUT2D eigenvalue weighted by molar-refractivity contribution is 5.92. The summed E-state index contributed by atoms with van der Waals surface area (Å²) in [7, 11) is 0. The molecule has 0 radical (unpaired) electrons. The quantitative estimate of drug-likeness (QED) is 0.690. The number of aliphatic hydroxyl groups is 1. The van der Waals surface area contributed by atoms with E-state index in [1.807, 2.05) is 48.5 Å². The molecule has 1 saturated carbocycles. The van der Waals surface area contributed by atoms with Gasteiger partial charge >= 0.3 is 0 Å². The van der Waals surface area contributed by atoms with E-state index in [1.165, 1.54) is 0 Å². The SMILES string of the molecule is O=C(NC1CCC1)C1=C[C@@H](c2ccc3c(c2)OCO3)C[C@@H](OCc2ccc(CO)cc2)O1. The van der Waals surface area contributed by atoms with Gasteiger partial charge in [-0.2, -0.15) is 0 Å². The van der Waals surface area contributed by atoms with Crippen molar-refractivity contribution in [3.8, 4) is 11.5 Å². The Bertz CT molecular complexity index is 998. The number of nitrogens with one attached hydrogen (secondary N) is 1. The second-order valence-electron chi connectivity index (χ2n) is 8.42. The fourth-order valence-electron chi connectivity index (χ4n) is 4.03. The van der Waals surface area contributed by atoms with Crippen LogP contribution in [0.2, 0.25) is 0 Å². The van der Waals surface area contributed by atoms with Crippen LogP contribution in [-0.4, -0.2) is 30.1 Å².